The fourth-order valence-electron chi connectivity index (χ4n) is 2.12. The van der Waals surface area contributed by atoms with Gasteiger partial charge in [0.2, 0.25) is 0 Å². The summed E-state index contributed by atoms with van der Waals surface area (Å²) in [6.45, 7) is 1.87. The van der Waals surface area contributed by atoms with Gasteiger partial charge in [0.25, 0.3) is 0 Å². The van der Waals surface area contributed by atoms with Crippen LogP contribution in [0.25, 0.3) is 10.2 Å². The van der Waals surface area contributed by atoms with Crippen LogP contribution < -0.4 is 10.1 Å². The first-order valence-electron chi connectivity index (χ1n) is 6.99. The molecular weight excluding hydrogens is 298 g/mol. The van der Waals surface area contributed by atoms with Crippen molar-refractivity contribution in [2.45, 2.75) is 6.61 Å². The van der Waals surface area contributed by atoms with Gasteiger partial charge < -0.3 is 14.8 Å². The molecular formula is C16H17N3O2S. The number of methoxy groups -OCH3 is 1. The van der Waals surface area contributed by atoms with Crippen molar-refractivity contribution in [2.75, 3.05) is 25.6 Å². The Morgan fingerprint density at radius 3 is 3.09 bits per heavy atom. The van der Waals surface area contributed by atoms with E-state index in [1.807, 2.05) is 35.7 Å². The molecule has 0 aliphatic rings. The van der Waals surface area contributed by atoms with E-state index in [9.17, 15) is 0 Å². The fraction of sp³-hybridized carbons (Fsp3) is 0.250. The van der Waals surface area contributed by atoms with Crippen LogP contribution in [0.4, 0.5) is 5.82 Å². The predicted octanol–water partition coefficient (Wildman–Crippen LogP) is 3.33. The van der Waals surface area contributed by atoms with E-state index in [4.69, 9.17) is 9.47 Å². The topological polar surface area (TPSA) is 56.3 Å². The second kappa shape index (κ2) is 7.20. The third kappa shape index (κ3) is 3.52. The molecule has 5 nitrogen and oxygen atoms in total. The van der Waals surface area contributed by atoms with E-state index < -0.39 is 0 Å². The van der Waals surface area contributed by atoms with Gasteiger partial charge in [0.05, 0.1) is 25.7 Å². The lowest BCUT2D eigenvalue weighted by Crippen LogP contribution is -2.10. The molecule has 1 aromatic carbocycles. The van der Waals surface area contributed by atoms with Crippen LogP contribution in [0.1, 0.15) is 5.56 Å². The summed E-state index contributed by atoms with van der Waals surface area (Å²) >= 11 is 1.61. The molecule has 3 rings (SSSR count). The van der Waals surface area contributed by atoms with E-state index in [2.05, 4.69) is 15.3 Å². The summed E-state index contributed by atoms with van der Waals surface area (Å²) in [5, 5.41) is 6.36. The Bertz CT molecular complexity index is 745. The molecule has 0 amide bonds. The maximum atomic E-state index is 5.68. The van der Waals surface area contributed by atoms with Crippen molar-refractivity contribution in [3.8, 4) is 5.75 Å². The molecule has 114 valence electrons. The van der Waals surface area contributed by atoms with Gasteiger partial charge in [0.15, 0.2) is 0 Å². The van der Waals surface area contributed by atoms with Crippen molar-refractivity contribution >= 4 is 27.4 Å². The summed E-state index contributed by atoms with van der Waals surface area (Å²) in [5.74, 6) is 1.70. The minimum Gasteiger partial charge on any atom is -0.497 e. The van der Waals surface area contributed by atoms with Crippen molar-refractivity contribution in [1.82, 2.24) is 9.97 Å². The zero-order chi connectivity index (χ0) is 15.2. The van der Waals surface area contributed by atoms with Gasteiger partial charge in [-0.2, -0.15) is 0 Å². The average Bonchev–Trinajstić information content (AvgIpc) is 3.04. The van der Waals surface area contributed by atoms with Crippen LogP contribution in [0.5, 0.6) is 5.75 Å². The molecule has 3 aromatic rings. The van der Waals surface area contributed by atoms with Crippen LogP contribution in [0, 0.1) is 0 Å². The van der Waals surface area contributed by atoms with Crippen LogP contribution >= 0.6 is 11.3 Å². The molecule has 0 aliphatic carbocycles. The van der Waals surface area contributed by atoms with E-state index in [1.165, 1.54) is 0 Å². The standard InChI is InChI=1S/C16H17N3O2S/c1-20-13-4-2-3-12(9-13)10-21-7-6-17-15-14-5-8-22-16(14)19-11-18-15/h2-5,8-9,11H,6-7,10H2,1H3,(H,17,18,19). The molecule has 1 N–H and O–H groups in total. The summed E-state index contributed by atoms with van der Waals surface area (Å²) in [7, 11) is 1.66. The highest BCUT2D eigenvalue weighted by Crippen LogP contribution is 2.23. The van der Waals surface area contributed by atoms with Gasteiger partial charge in [-0.1, -0.05) is 12.1 Å². The predicted molar refractivity (Wildman–Crippen MR) is 88.6 cm³/mol. The Morgan fingerprint density at radius 1 is 1.23 bits per heavy atom. The molecule has 0 saturated heterocycles. The molecule has 0 unspecified atom stereocenters. The first-order valence-corrected chi connectivity index (χ1v) is 7.87. The second-order valence-corrected chi connectivity index (χ2v) is 5.59. The molecule has 0 saturated carbocycles. The van der Waals surface area contributed by atoms with E-state index in [-0.39, 0.29) is 0 Å². The summed E-state index contributed by atoms with van der Waals surface area (Å²) in [4.78, 5) is 9.49. The van der Waals surface area contributed by atoms with E-state index >= 15 is 0 Å². The van der Waals surface area contributed by atoms with E-state index in [0.29, 0.717) is 19.8 Å². The summed E-state index contributed by atoms with van der Waals surface area (Å²) in [5.41, 5.74) is 1.10. The first-order chi connectivity index (χ1) is 10.9. The number of fused-ring (bicyclic) bond motifs is 1. The van der Waals surface area contributed by atoms with Gasteiger partial charge in [-0.15, -0.1) is 11.3 Å². The van der Waals surface area contributed by atoms with Gasteiger partial charge in [-0.05, 0) is 29.1 Å². The Labute approximate surface area is 132 Å². The van der Waals surface area contributed by atoms with Gasteiger partial charge in [0.1, 0.15) is 22.7 Å². The molecule has 0 atom stereocenters. The first kappa shape index (κ1) is 14.7. The second-order valence-electron chi connectivity index (χ2n) is 4.69. The number of anilines is 1. The van der Waals surface area contributed by atoms with Gasteiger partial charge in [-0.3, -0.25) is 0 Å². The molecule has 2 aromatic heterocycles. The summed E-state index contributed by atoms with van der Waals surface area (Å²) in [6.07, 6.45) is 1.58. The zero-order valence-electron chi connectivity index (χ0n) is 12.3. The SMILES string of the molecule is COc1cccc(COCCNc2ncnc3sccc23)c1. The third-order valence-electron chi connectivity index (χ3n) is 3.20. The van der Waals surface area contributed by atoms with Gasteiger partial charge in [-0.25, -0.2) is 9.97 Å². The highest BCUT2D eigenvalue weighted by Gasteiger charge is 2.03. The molecule has 0 fully saturated rings. The Balaban J connectivity index is 1.46. The maximum Gasteiger partial charge on any atom is 0.138 e. The molecule has 0 radical (unpaired) electrons. The van der Waals surface area contributed by atoms with E-state index in [1.54, 1.807) is 24.8 Å². The van der Waals surface area contributed by atoms with Crippen LogP contribution in [-0.2, 0) is 11.3 Å². The number of aromatic nitrogens is 2. The van der Waals surface area contributed by atoms with Gasteiger partial charge in [0, 0.05) is 6.54 Å². The quantitative estimate of drug-likeness (QED) is 0.678. The number of thiophene rings is 1. The molecule has 2 heterocycles. The Hall–Kier alpha value is -2.18. The minimum absolute atomic E-state index is 0.566. The summed E-state index contributed by atoms with van der Waals surface area (Å²) < 4.78 is 10.9. The largest absolute Gasteiger partial charge is 0.497 e. The number of nitrogens with zero attached hydrogens (tertiary/aromatic N) is 2. The smallest absolute Gasteiger partial charge is 0.138 e. The fourth-order valence-corrected chi connectivity index (χ4v) is 2.86. The van der Waals surface area contributed by atoms with Crippen LogP contribution in [0.3, 0.4) is 0 Å². The maximum absolute atomic E-state index is 5.68. The normalized spacial score (nSPS) is 10.8. The van der Waals surface area contributed by atoms with Crippen LogP contribution in [0.15, 0.2) is 42.0 Å². The number of hydrogen-bond acceptors (Lipinski definition) is 6. The zero-order valence-corrected chi connectivity index (χ0v) is 13.1. The molecule has 0 aliphatic heterocycles. The molecule has 6 heteroatoms. The highest BCUT2D eigenvalue weighted by atomic mass is 32.1. The lowest BCUT2D eigenvalue weighted by molar-refractivity contribution is 0.130. The number of ether oxygens (including phenoxy) is 2. The highest BCUT2D eigenvalue weighted by molar-refractivity contribution is 7.16. The van der Waals surface area contributed by atoms with Crippen molar-refractivity contribution in [3.63, 3.8) is 0 Å². The molecule has 0 bridgehead atoms. The Morgan fingerprint density at radius 2 is 2.18 bits per heavy atom. The minimum atomic E-state index is 0.566. The molecule has 0 spiro atoms. The number of hydrogen-bond donors (Lipinski definition) is 1. The van der Waals surface area contributed by atoms with E-state index in [0.717, 1.165) is 27.3 Å². The number of rotatable bonds is 7. The van der Waals surface area contributed by atoms with Crippen molar-refractivity contribution in [2.24, 2.45) is 0 Å². The lowest BCUT2D eigenvalue weighted by Gasteiger charge is -2.08. The van der Waals surface area contributed by atoms with Crippen molar-refractivity contribution < 1.29 is 9.47 Å². The van der Waals surface area contributed by atoms with Crippen molar-refractivity contribution in [3.05, 3.63) is 47.6 Å². The average molecular weight is 315 g/mol. The molecule has 22 heavy (non-hydrogen) atoms. The monoisotopic (exact) mass is 315 g/mol. The van der Waals surface area contributed by atoms with Gasteiger partial charge >= 0.3 is 0 Å². The van der Waals surface area contributed by atoms with Crippen LogP contribution in [0.2, 0.25) is 0 Å². The number of benzene rings is 1. The van der Waals surface area contributed by atoms with Crippen LogP contribution in [-0.4, -0.2) is 30.2 Å². The summed E-state index contributed by atoms with van der Waals surface area (Å²) in [6, 6.07) is 9.91. The lowest BCUT2D eigenvalue weighted by atomic mass is 10.2. The Kier molecular flexibility index (Phi) is 4.82. The third-order valence-corrected chi connectivity index (χ3v) is 4.02. The van der Waals surface area contributed by atoms with Crippen molar-refractivity contribution in [1.29, 1.82) is 0 Å². The number of nitrogens with one attached hydrogen (secondary N) is 1.